The highest BCUT2D eigenvalue weighted by Crippen LogP contribution is 2.42. The summed E-state index contributed by atoms with van der Waals surface area (Å²) in [5, 5.41) is 0. The quantitative estimate of drug-likeness (QED) is 0.706. The molecule has 15 heavy (non-hydrogen) atoms. The van der Waals surface area contributed by atoms with E-state index in [2.05, 4.69) is 26.0 Å². The highest BCUT2D eigenvalue weighted by Gasteiger charge is 2.39. The molecule has 0 radical (unpaired) electrons. The van der Waals surface area contributed by atoms with Crippen molar-refractivity contribution in [1.82, 2.24) is 0 Å². The molecule has 0 bridgehead atoms. The van der Waals surface area contributed by atoms with E-state index in [0.29, 0.717) is 18.1 Å². The molecule has 0 spiro atoms. The second-order valence-corrected chi connectivity index (χ2v) is 4.50. The highest BCUT2D eigenvalue weighted by molar-refractivity contribution is 5.30. The Bertz CT molecular complexity index is 316. The van der Waals surface area contributed by atoms with Crippen molar-refractivity contribution >= 4 is 0 Å². The molecule has 1 aliphatic rings. The highest BCUT2D eigenvalue weighted by atomic mass is 16.6. The van der Waals surface area contributed by atoms with Gasteiger partial charge in [-0.1, -0.05) is 26.0 Å². The van der Waals surface area contributed by atoms with Gasteiger partial charge in [0.25, 0.3) is 0 Å². The lowest BCUT2D eigenvalue weighted by Crippen LogP contribution is -1.95. The fraction of sp³-hybridized carbons (Fsp3) is 0.538. The first-order chi connectivity index (χ1) is 7.20. The van der Waals surface area contributed by atoms with Crippen LogP contribution < -0.4 is 4.74 Å². The fourth-order valence-corrected chi connectivity index (χ4v) is 1.87. The first kappa shape index (κ1) is 10.5. The number of epoxide rings is 1. The van der Waals surface area contributed by atoms with Gasteiger partial charge in [-0.2, -0.15) is 0 Å². The number of benzene rings is 1. The molecular weight excluding hydrogens is 188 g/mol. The minimum atomic E-state index is 0.318. The van der Waals surface area contributed by atoms with Gasteiger partial charge in [-0.3, -0.25) is 0 Å². The van der Waals surface area contributed by atoms with Crippen LogP contribution in [0.1, 0.15) is 31.9 Å². The Morgan fingerprint density at radius 1 is 1.27 bits per heavy atom. The number of ether oxygens (including phenoxy) is 2. The Hall–Kier alpha value is -1.02. The van der Waals surface area contributed by atoms with E-state index in [1.807, 2.05) is 12.1 Å². The normalized spacial score (nSPS) is 24.3. The molecule has 0 amide bonds. The Morgan fingerprint density at radius 2 is 1.93 bits per heavy atom. The molecule has 1 aliphatic heterocycles. The molecule has 2 nitrogen and oxygen atoms in total. The summed E-state index contributed by atoms with van der Waals surface area (Å²) in [5.41, 5.74) is 1.27. The SMILES string of the molecule is COc1ccc(C2OC2CC(C)C)cc1. The van der Waals surface area contributed by atoms with Crippen molar-refractivity contribution in [3.63, 3.8) is 0 Å². The maximum atomic E-state index is 5.65. The van der Waals surface area contributed by atoms with Crippen LogP contribution >= 0.6 is 0 Å². The number of rotatable bonds is 4. The maximum Gasteiger partial charge on any atom is 0.118 e. The molecule has 0 aromatic heterocycles. The van der Waals surface area contributed by atoms with Crippen LogP contribution in [0.4, 0.5) is 0 Å². The molecule has 1 heterocycles. The lowest BCUT2D eigenvalue weighted by atomic mass is 10.0. The van der Waals surface area contributed by atoms with Gasteiger partial charge in [0, 0.05) is 0 Å². The summed E-state index contributed by atoms with van der Waals surface area (Å²) in [6.45, 7) is 4.46. The van der Waals surface area contributed by atoms with Gasteiger partial charge in [0.05, 0.1) is 13.2 Å². The summed E-state index contributed by atoms with van der Waals surface area (Å²) in [6, 6.07) is 8.15. The summed E-state index contributed by atoms with van der Waals surface area (Å²) in [5.74, 6) is 1.61. The van der Waals surface area contributed by atoms with E-state index in [1.165, 1.54) is 5.56 Å². The summed E-state index contributed by atoms with van der Waals surface area (Å²) < 4.78 is 10.8. The summed E-state index contributed by atoms with van der Waals surface area (Å²) in [4.78, 5) is 0. The molecule has 2 heteroatoms. The molecule has 0 N–H and O–H groups in total. The van der Waals surface area contributed by atoms with E-state index in [4.69, 9.17) is 9.47 Å². The van der Waals surface area contributed by atoms with Gasteiger partial charge in [0.15, 0.2) is 0 Å². The molecule has 2 atom stereocenters. The van der Waals surface area contributed by atoms with Crippen LogP contribution in [-0.2, 0) is 4.74 Å². The molecular formula is C13H18O2. The van der Waals surface area contributed by atoms with Crippen LogP contribution in [0.25, 0.3) is 0 Å². The van der Waals surface area contributed by atoms with E-state index in [1.54, 1.807) is 7.11 Å². The van der Waals surface area contributed by atoms with Crippen molar-refractivity contribution in [3.8, 4) is 5.75 Å². The molecule has 2 rings (SSSR count). The van der Waals surface area contributed by atoms with Crippen LogP contribution in [0.2, 0.25) is 0 Å². The van der Waals surface area contributed by atoms with Gasteiger partial charge < -0.3 is 9.47 Å². The molecule has 1 saturated heterocycles. The first-order valence-electron chi connectivity index (χ1n) is 5.50. The predicted molar refractivity (Wildman–Crippen MR) is 60.1 cm³/mol. The molecule has 1 aromatic carbocycles. The molecule has 0 saturated carbocycles. The van der Waals surface area contributed by atoms with Gasteiger partial charge in [-0.25, -0.2) is 0 Å². The second kappa shape index (κ2) is 4.23. The first-order valence-corrected chi connectivity index (χ1v) is 5.50. The third-order valence-corrected chi connectivity index (χ3v) is 2.73. The zero-order valence-corrected chi connectivity index (χ0v) is 9.57. The van der Waals surface area contributed by atoms with E-state index >= 15 is 0 Å². The van der Waals surface area contributed by atoms with Gasteiger partial charge in [0.2, 0.25) is 0 Å². The molecule has 1 aromatic rings. The fourth-order valence-electron chi connectivity index (χ4n) is 1.87. The van der Waals surface area contributed by atoms with Crippen molar-refractivity contribution in [3.05, 3.63) is 29.8 Å². The van der Waals surface area contributed by atoms with Crippen LogP contribution in [0, 0.1) is 5.92 Å². The van der Waals surface area contributed by atoms with E-state index in [9.17, 15) is 0 Å². The number of methoxy groups -OCH3 is 1. The molecule has 0 aliphatic carbocycles. The minimum Gasteiger partial charge on any atom is -0.497 e. The van der Waals surface area contributed by atoms with Crippen molar-refractivity contribution in [2.24, 2.45) is 5.92 Å². The van der Waals surface area contributed by atoms with Crippen LogP contribution in [-0.4, -0.2) is 13.2 Å². The number of hydrogen-bond donors (Lipinski definition) is 0. The summed E-state index contributed by atoms with van der Waals surface area (Å²) >= 11 is 0. The van der Waals surface area contributed by atoms with Gasteiger partial charge in [-0.05, 0) is 30.0 Å². The van der Waals surface area contributed by atoms with E-state index < -0.39 is 0 Å². The monoisotopic (exact) mass is 206 g/mol. The van der Waals surface area contributed by atoms with Crippen LogP contribution in [0.3, 0.4) is 0 Å². The standard InChI is InChI=1S/C13H18O2/c1-9(2)8-12-13(15-12)10-4-6-11(14-3)7-5-10/h4-7,9,12-13H,8H2,1-3H3. The van der Waals surface area contributed by atoms with Gasteiger partial charge in [0.1, 0.15) is 11.9 Å². The molecule has 1 fully saturated rings. The van der Waals surface area contributed by atoms with E-state index in [0.717, 1.165) is 12.2 Å². The van der Waals surface area contributed by atoms with Crippen molar-refractivity contribution in [2.75, 3.05) is 7.11 Å². The largest absolute Gasteiger partial charge is 0.497 e. The zero-order valence-electron chi connectivity index (χ0n) is 9.57. The van der Waals surface area contributed by atoms with Crippen molar-refractivity contribution in [1.29, 1.82) is 0 Å². The Balaban J connectivity index is 1.95. The lowest BCUT2D eigenvalue weighted by Gasteiger charge is -2.01. The summed E-state index contributed by atoms with van der Waals surface area (Å²) in [7, 11) is 1.68. The minimum absolute atomic E-state index is 0.318. The summed E-state index contributed by atoms with van der Waals surface area (Å²) in [6.07, 6.45) is 1.90. The predicted octanol–water partition coefficient (Wildman–Crippen LogP) is 3.18. The molecule has 82 valence electrons. The van der Waals surface area contributed by atoms with Crippen molar-refractivity contribution in [2.45, 2.75) is 32.5 Å². The third-order valence-electron chi connectivity index (χ3n) is 2.73. The van der Waals surface area contributed by atoms with Crippen LogP contribution in [0.5, 0.6) is 5.75 Å². The van der Waals surface area contributed by atoms with E-state index in [-0.39, 0.29) is 0 Å². The zero-order chi connectivity index (χ0) is 10.8. The average molecular weight is 206 g/mol. The van der Waals surface area contributed by atoms with Crippen molar-refractivity contribution < 1.29 is 9.47 Å². The van der Waals surface area contributed by atoms with Gasteiger partial charge >= 0.3 is 0 Å². The molecule has 2 unspecified atom stereocenters. The topological polar surface area (TPSA) is 21.8 Å². The Kier molecular flexibility index (Phi) is 2.96. The van der Waals surface area contributed by atoms with Crippen LogP contribution in [0.15, 0.2) is 24.3 Å². The smallest absolute Gasteiger partial charge is 0.118 e. The average Bonchev–Trinajstić information content (AvgIpc) is 2.96. The third kappa shape index (κ3) is 2.51. The second-order valence-electron chi connectivity index (χ2n) is 4.50. The Labute approximate surface area is 91.2 Å². The maximum absolute atomic E-state index is 5.65. The Morgan fingerprint density at radius 3 is 2.47 bits per heavy atom. The number of hydrogen-bond acceptors (Lipinski definition) is 2. The van der Waals surface area contributed by atoms with Gasteiger partial charge in [-0.15, -0.1) is 0 Å². The lowest BCUT2D eigenvalue weighted by molar-refractivity contribution is 0.348.